The van der Waals surface area contributed by atoms with Crippen LogP contribution in [0.15, 0.2) is 65.6 Å². The monoisotopic (exact) mass is 426 g/mol. The Morgan fingerprint density at radius 2 is 1.57 bits per heavy atom. The first kappa shape index (κ1) is 21.5. The number of halogens is 1. The largest absolute Gasteiger partial charge is 0.322 e. The highest BCUT2D eigenvalue weighted by Gasteiger charge is 2.24. The second kappa shape index (κ2) is 8.28. The van der Waals surface area contributed by atoms with Crippen LogP contribution in [-0.2, 0) is 10.0 Å². The molecule has 1 amide bonds. The van der Waals surface area contributed by atoms with Crippen LogP contribution >= 0.6 is 0 Å². The zero-order chi connectivity index (χ0) is 22.1. The van der Waals surface area contributed by atoms with Crippen LogP contribution in [0.5, 0.6) is 0 Å². The number of sulfonamides is 1. The number of anilines is 2. The van der Waals surface area contributed by atoms with Crippen molar-refractivity contribution in [2.75, 3.05) is 16.7 Å². The number of benzene rings is 3. The van der Waals surface area contributed by atoms with Crippen LogP contribution < -0.4 is 9.62 Å². The molecule has 156 valence electrons. The van der Waals surface area contributed by atoms with Gasteiger partial charge < -0.3 is 5.32 Å². The predicted octanol–water partition coefficient (Wildman–Crippen LogP) is 4.83. The van der Waals surface area contributed by atoms with E-state index in [2.05, 4.69) is 5.32 Å². The summed E-state index contributed by atoms with van der Waals surface area (Å²) in [6.07, 6.45) is 0. The highest BCUT2D eigenvalue weighted by molar-refractivity contribution is 7.92. The number of hydrogen-bond acceptors (Lipinski definition) is 3. The van der Waals surface area contributed by atoms with Crippen molar-refractivity contribution in [1.29, 1.82) is 0 Å². The number of para-hydroxylation sites is 1. The van der Waals surface area contributed by atoms with Gasteiger partial charge in [0.2, 0.25) is 0 Å². The van der Waals surface area contributed by atoms with Crippen molar-refractivity contribution in [2.24, 2.45) is 0 Å². The van der Waals surface area contributed by atoms with Crippen molar-refractivity contribution in [3.8, 4) is 0 Å². The molecular formula is C23H23FN2O3S. The highest BCUT2D eigenvalue weighted by atomic mass is 32.2. The minimum atomic E-state index is -4.05. The summed E-state index contributed by atoms with van der Waals surface area (Å²) in [5.74, 6) is -1.07. The zero-order valence-electron chi connectivity index (χ0n) is 17.2. The number of hydrogen-bond donors (Lipinski definition) is 1. The number of nitrogens with zero attached hydrogens (tertiary/aromatic N) is 1. The van der Waals surface area contributed by atoms with Gasteiger partial charge in [-0.1, -0.05) is 35.9 Å². The molecule has 0 heterocycles. The van der Waals surface area contributed by atoms with Crippen LogP contribution in [0.3, 0.4) is 0 Å². The van der Waals surface area contributed by atoms with E-state index in [0.717, 1.165) is 21.0 Å². The topological polar surface area (TPSA) is 66.5 Å². The summed E-state index contributed by atoms with van der Waals surface area (Å²) in [6, 6.07) is 15.2. The molecule has 0 fully saturated rings. The van der Waals surface area contributed by atoms with Crippen LogP contribution in [0.25, 0.3) is 0 Å². The summed E-state index contributed by atoms with van der Waals surface area (Å²) in [4.78, 5) is 12.7. The average molecular weight is 427 g/mol. The minimum Gasteiger partial charge on any atom is -0.322 e. The molecule has 0 aromatic heterocycles. The number of nitrogens with one attached hydrogen (secondary N) is 1. The van der Waals surface area contributed by atoms with Crippen molar-refractivity contribution in [3.05, 3.63) is 88.7 Å². The molecule has 0 radical (unpaired) electrons. The highest BCUT2D eigenvalue weighted by Crippen LogP contribution is 2.26. The van der Waals surface area contributed by atoms with Gasteiger partial charge in [0.15, 0.2) is 0 Å². The van der Waals surface area contributed by atoms with Crippen LogP contribution in [0.2, 0.25) is 0 Å². The van der Waals surface area contributed by atoms with Gasteiger partial charge in [0.25, 0.3) is 15.9 Å². The summed E-state index contributed by atoms with van der Waals surface area (Å²) >= 11 is 0. The van der Waals surface area contributed by atoms with Gasteiger partial charge in [0.1, 0.15) is 5.82 Å². The SMILES string of the molecule is Cc1cc(C)c(NC(=O)c2cccc(S(=O)(=O)N(C)c3ccccc3F)c2)c(C)c1. The molecule has 0 aliphatic rings. The summed E-state index contributed by atoms with van der Waals surface area (Å²) in [5, 5.41) is 2.86. The van der Waals surface area contributed by atoms with Gasteiger partial charge in [-0.2, -0.15) is 0 Å². The van der Waals surface area contributed by atoms with Gasteiger partial charge in [-0.15, -0.1) is 0 Å². The zero-order valence-corrected chi connectivity index (χ0v) is 18.0. The fourth-order valence-electron chi connectivity index (χ4n) is 3.36. The van der Waals surface area contributed by atoms with E-state index in [-0.39, 0.29) is 16.1 Å². The van der Waals surface area contributed by atoms with E-state index in [0.29, 0.717) is 5.69 Å². The molecule has 3 rings (SSSR count). The maximum absolute atomic E-state index is 14.1. The predicted molar refractivity (Wildman–Crippen MR) is 117 cm³/mol. The molecule has 3 aromatic carbocycles. The molecule has 0 aliphatic carbocycles. The lowest BCUT2D eigenvalue weighted by molar-refractivity contribution is 0.102. The first-order valence-corrected chi connectivity index (χ1v) is 10.8. The summed E-state index contributed by atoms with van der Waals surface area (Å²) in [6.45, 7) is 5.78. The number of amides is 1. The lowest BCUT2D eigenvalue weighted by atomic mass is 10.0. The van der Waals surface area contributed by atoms with Crippen molar-refractivity contribution in [1.82, 2.24) is 0 Å². The second-order valence-electron chi connectivity index (χ2n) is 7.18. The molecule has 1 N–H and O–H groups in total. The van der Waals surface area contributed by atoms with Gasteiger partial charge in [-0.3, -0.25) is 9.10 Å². The normalized spacial score (nSPS) is 11.2. The van der Waals surface area contributed by atoms with Crippen LogP contribution in [0, 0.1) is 26.6 Å². The van der Waals surface area contributed by atoms with Gasteiger partial charge in [-0.25, -0.2) is 12.8 Å². The smallest absolute Gasteiger partial charge is 0.264 e. The summed E-state index contributed by atoms with van der Waals surface area (Å²) in [7, 11) is -2.77. The quantitative estimate of drug-likeness (QED) is 0.636. The summed E-state index contributed by atoms with van der Waals surface area (Å²) < 4.78 is 40.9. The van der Waals surface area contributed by atoms with E-state index in [9.17, 15) is 17.6 Å². The maximum Gasteiger partial charge on any atom is 0.264 e. The Bertz CT molecular complexity index is 1200. The van der Waals surface area contributed by atoms with Gasteiger partial charge >= 0.3 is 0 Å². The van der Waals surface area contributed by atoms with Crippen LogP contribution in [-0.4, -0.2) is 21.4 Å². The van der Waals surface area contributed by atoms with Crippen LogP contribution in [0.1, 0.15) is 27.0 Å². The standard InChI is InChI=1S/C23H23FN2O3S/c1-15-12-16(2)22(17(3)13-15)25-23(27)18-8-7-9-19(14-18)30(28,29)26(4)21-11-6-5-10-20(21)24/h5-14H,1-4H3,(H,25,27). The molecule has 0 spiro atoms. The van der Waals surface area contributed by atoms with Crippen molar-refractivity contribution in [3.63, 3.8) is 0 Å². The van der Waals surface area contributed by atoms with Crippen molar-refractivity contribution >= 4 is 27.3 Å². The Morgan fingerprint density at radius 3 is 2.20 bits per heavy atom. The minimum absolute atomic E-state index is 0.0711. The third kappa shape index (κ3) is 4.21. The number of aryl methyl sites for hydroxylation is 3. The Labute approximate surface area is 176 Å². The first-order chi connectivity index (χ1) is 14.1. The first-order valence-electron chi connectivity index (χ1n) is 9.34. The molecule has 0 unspecified atom stereocenters. The van der Waals surface area contributed by atoms with Crippen molar-refractivity contribution in [2.45, 2.75) is 25.7 Å². The molecule has 0 saturated carbocycles. The Kier molecular flexibility index (Phi) is 5.94. The van der Waals surface area contributed by atoms with Gasteiger partial charge in [0.05, 0.1) is 10.6 Å². The molecule has 0 bridgehead atoms. The van der Waals surface area contributed by atoms with Crippen molar-refractivity contribution < 1.29 is 17.6 Å². The average Bonchev–Trinajstić information content (AvgIpc) is 2.70. The Balaban J connectivity index is 1.92. The van der Waals surface area contributed by atoms with E-state index >= 15 is 0 Å². The van der Waals surface area contributed by atoms with Crippen LogP contribution in [0.4, 0.5) is 15.8 Å². The number of carbonyl (C=O) groups is 1. The number of rotatable bonds is 5. The molecule has 0 atom stereocenters. The molecule has 0 aliphatic heterocycles. The lowest BCUT2D eigenvalue weighted by Gasteiger charge is -2.20. The third-order valence-corrected chi connectivity index (χ3v) is 6.63. The van der Waals surface area contributed by atoms with E-state index in [1.807, 2.05) is 32.9 Å². The van der Waals surface area contributed by atoms with E-state index in [1.165, 1.54) is 49.5 Å². The van der Waals surface area contributed by atoms with E-state index in [4.69, 9.17) is 0 Å². The second-order valence-corrected chi connectivity index (χ2v) is 9.15. The molecular weight excluding hydrogens is 403 g/mol. The fourth-order valence-corrected chi connectivity index (χ4v) is 4.61. The maximum atomic E-state index is 14.1. The molecule has 7 heteroatoms. The molecule has 3 aromatic rings. The van der Waals surface area contributed by atoms with Gasteiger partial charge in [-0.05, 0) is 62.2 Å². The van der Waals surface area contributed by atoms with E-state index in [1.54, 1.807) is 6.07 Å². The van der Waals surface area contributed by atoms with E-state index < -0.39 is 21.7 Å². The van der Waals surface area contributed by atoms with Gasteiger partial charge in [0, 0.05) is 18.3 Å². The third-order valence-electron chi connectivity index (χ3n) is 4.86. The lowest BCUT2D eigenvalue weighted by Crippen LogP contribution is -2.27. The number of carbonyl (C=O) groups excluding carboxylic acids is 1. The fraction of sp³-hybridized carbons (Fsp3) is 0.174. The Hall–Kier alpha value is -3.19. The molecule has 5 nitrogen and oxygen atoms in total. The molecule has 30 heavy (non-hydrogen) atoms. The summed E-state index contributed by atoms with van der Waals surface area (Å²) in [5.41, 5.74) is 3.75. The Morgan fingerprint density at radius 1 is 0.933 bits per heavy atom. The molecule has 0 saturated heterocycles.